The van der Waals surface area contributed by atoms with Gasteiger partial charge in [-0.15, -0.1) is 0 Å². The zero-order valence-electron chi connectivity index (χ0n) is 7.55. The highest BCUT2D eigenvalue weighted by molar-refractivity contribution is 14.1. The van der Waals surface area contributed by atoms with Crippen molar-refractivity contribution in [1.29, 1.82) is 0 Å². The number of nitrogens with one attached hydrogen (secondary N) is 1. The molecule has 1 saturated heterocycles. The molecule has 0 aromatic carbocycles. The van der Waals surface area contributed by atoms with Gasteiger partial charge in [0.15, 0.2) is 6.29 Å². The maximum absolute atomic E-state index is 5.59. The zero-order valence-corrected chi connectivity index (χ0v) is 9.71. The van der Waals surface area contributed by atoms with Gasteiger partial charge >= 0.3 is 0 Å². The van der Waals surface area contributed by atoms with E-state index in [2.05, 4.69) is 34.8 Å². The molecule has 0 radical (unpaired) electrons. The van der Waals surface area contributed by atoms with Crippen molar-refractivity contribution in [2.45, 2.75) is 36.3 Å². The Labute approximate surface area is 87.3 Å². The molecule has 1 aliphatic rings. The van der Waals surface area contributed by atoms with Gasteiger partial charge in [0.1, 0.15) is 10.2 Å². The number of hydrogen-bond donors (Lipinski definition) is 1. The lowest BCUT2D eigenvalue weighted by atomic mass is 10.4. The molecule has 1 heterocycles. The van der Waals surface area contributed by atoms with Crippen molar-refractivity contribution in [3.05, 3.63) is 0 Å². The van der Waals surface area contributed by atoms with Crippen LogP contribution in [0.5, 0.6) is 0 Å². The molecular formula is C8H16INO2. The summed E-state index contributed by atoms with van der Waals surface area (Å²) in [6.07, 6.45) is 2.60. The van der Waals surface area contributed by atoms with Gasteiger partial charge in [0.2, 0.25) is 0 Å². The van der Waals surface area contributed by atoms with Gasteiger partial charge in [-0.1, -0.05) is 35.9 Å². The van der Waals surface area contributed by atoms with Gasteiger partial charge in [-0.25, -0.2) is 0 Å². The molecule has 4 heteroatoms. The highest BCUT2D eigenvalue weighted by Crippen LogP contribution is 2.26. The first-order chi connectivity index (χ1) is 5.77. The molecule has 2 unspecified atom stereocenters. The Bertz CT molecular complexity index is 134. The van der Waals surface area contributed by atoms with E-state index in [1.807, 2.05) is 7.05 Å². The molecule has 0 spiro atoms. The van der Waals surface area contributed by atoms with E-state index in [0.717, 1.165) is 19.4 Å². The first-order valence-electron chi connectivity index (χ1n) is 4.37. The Kier molecular flexibility index (Phi) is 4.78. The molecule has 3 atom stereocenters. The fraction of sp³-hybridized carbons (Fsp3) is 1.00. The molecule has 0 aromatic rings. The van der Waals surface area contributed by atoms with Crippen LogP contribution in [-0.4, -0.2) is 30.1 Å². The summed E-state index contributed by atoms with van der Waals surface area (Å²) in [6, 6.07) is 0. The normalized spacial score (nSPS) is 30.2. The predicted molar refractivity (Wildman–Crippen MR) is 56.4 cm³/mol. The lowest BCUT2D eigenvalue weighted by Gasteiger charge is -2.06. The lowest BCUT2D eigenvalue weighted by molar-refractivity contribution is 0.0381. The van der Waals surface area contributed by atoms with Crippen molar-refractivity contribution in [2.75, 3.05) is 13.6 Å². The van der Waals surface area contributed by atoms with Crippen LogP contribution in [0.1, 0.15) is 19.8 Å². The van der Waals surface area contributed by atoms with Crippen molar-refractivity contribution in [2.24, 2.45) is 0 Å². The smallest absolute Gasteiger partial charge is 0.187 e. The lowest BCUT2D eigenvalue weighted by Crippen LogP contribution is -2.18. The SMILES string of the molecule is CCCC(I)OC1O[C@@H]1CNC. The zero-order chi connectivity index (χ0) is 8.97. The summed E-state index contributed by atoms with van der Waals surface area (Å²) >= 11 is 2.31. The van der Waals surface area contributed by atoms with Crippen LogP contribution in [0.4, 0.5) is 0 Å². The largest absolute Gasteiger partial charge is 0.340 e. The molecule has 12 heavy (non-hydrogen) atoms. The Hall–Kier alpha value is 0.610. The summed E-state index contributed by atoms with van der Waals surface area (Å²) < 4.78 is 11.2. The van der Waals surface area contributed by atoms with Gasteiger partial charge in [0.25, 0.3) is 0 Å². The van der Waals surface area contributed by atoms with Crippen LogP contribution in [0, 0.1) is 0 Å². The van der Waals surface area contributed by atoms with Gasteiger partial charge in [-0.3, -0.25) is 0 Å². The Morgan fingerprint density at radius 2 is 2.42 bits per heavy atom. The van der Waals surface area contributed by atoms with E-state index in [1.165, 1.54) is 0 Å². The maximum atomic E-state index is 5.59. The van der Waals surface area contributed by atoms with Gasteiger partial charge in [0, 0.05) is 6.54 Å². The monoisotopic (exact) mass is 285 g/mol. The van der Waals surface area contributed by atoms with Crippen LogP contribution < -0.4 is 5.32 Å². The second kappa shape index (κ2) is 5.36. The Balaban J connectivity index is 2.02. The van der Waals surface area contributed by atoms with E-state index in [-0.39, 0.29) is 12.4 Å². The molecule has 1 aliphatic heterocycles. The van der Waals surface area contributed by atoms with Gasteiger partial charge in [-0.2, -0.15) is 0 Å². The van der Waals surface area contributed by atoms with Gasteiger partial charge in [-0.05, 0) is 13.5 Å². The predicted octanol–water partition coefficient (Wildman–Crippen LogP) is 1.51. The average Bonchev–Trinajstić information content (AvgIpc) is 2.69. The van der Waals surface area contributed by atoms with Gasteiger partial charge in [0.05, 0.1) is 0 Å². The molecule has 0 amide bonds. The fourth-order valence-electron chi connectivity index (χ4n) is 1.03. The molecule has 0 aliphatic carbocycles. The number of hydrogen-bond acceptors (Lipinski definition) is 3. The van der Waals surface area contributed by atoms with Crippen LogP contribution in [0.2, 0.25) is 0 Å². The number of rotatable bonds is 6. The summed E-state index contributed by atoms with van der Waals surface area (Å²) in [5, 5.41) is 3.06. The minimum Gasteiger partial charge on any atom is -0.340 e. The van der Waals surface area contributed by atoms with Crippen LogP contribution in [0.3, 0.4) is 0 Å². The van der Waals surface area contributed by atoms with Gasteiger partial charge < -0.3 is 14.8 Å². The highest BCUT2D eigenvalue weighted by atomic mass is 127. The molecule has 0 bridgehead atoms. The number of likely N-dealkylation sites (N-methyl/N-ethyl adjacent to an activating group) is 1. The van der Waals surface area contributed by atoms with Crippen LogP contribution in [0.25, 0.3) is 0 Å². The van der Waals surface area contributed by atoms with Crippen LogP contribution in [0.15, 0.2) is 0 Å². The summed E-state index contributed by atoms with van der Waals surface area (Å²) in [5.41, 5.74) is 0. The molecule has 0 aromatic heterocycles. The van der Waals surface area contributed by atoms with E-state index in [9.17, 15) is 0 Å². The quantitative estimate of drug-likeness (QED) is 0.456. The summed E-state index contributed by atoms with van der Waals surface area (Å²) in [4.78, 5) is 0. The molecule has 1 rings (SSSR count). The third kappa shape index (κ3) is 3.55. The molecule has 0 saturated carbocycles. The second-order valence-corrected chi connectivity index (χ2v) is 4.32. The van der Waals surface area contributed by atoms with Crippen LogP contribution >= 0.6 is 22.6 Å². The molecule has 3 nitrogen and oxygen atoms in total. The van der Waals surface area contributed by atoms with Crippen molar-refractivity contribution in [1.82, 2.24) is 5.32 Å². The van der Waals surface area contributed by atoms with E-state index in [4.69, 9.17) is 9.47 Å². The van der Waals surface area contributed by atoms with Crippen molar-refractivity contribution in [3.63, 3.8) is 0 Å². The first kappa shape index (κ1) is 10.7. The Morgan fingerprint density at radius 3 is 3.00 bits per heavy atom. The Morgan fingerprint density at radius 1 is 1.67 bits per heavy atom. The second-order valence-electron chi connectivity index (χ2n) is 2.94. The maximum Gasteiger partial charge on any atom is 0.187 e. The molecule has 1 N–H and O–H groups in total. The first-order valence-corrected chi connectivity index (χ1v) is 5.62. The van der Waals surface area contributed by atoms with Crippen molar-refractivity contribution in [3.8, 4) is 0 Å². The van der Waals surface area contributed by atoms with E-state index < -0.39 is 0 Å². The summed E-state index contributed by atoms with van der Waals surface area (Å²) in [7, 11) is 1.92. The number of epoxide rings is 1. The fourth-order valence-corrected chi connectivity index (χ4v) is 1.94. The summed E-state index contributed by atoms with van der Waals surface area (Å²) in [5.74, 6) is 0. The average molecular weight is 285 g/mol. The minimum absolute atomic E-state index is 0.0471. The van der Waals surface area contributed by atoms with Crippen molar-refractivity contribution < 1.29 is 9.47 Å². The topological polar surface area (TPSA) is 33.8 Å². The molecule has 1 fully saturated rings. The van der Waals surface area contributed by atoms with E-state index in [1.54, 1.807) is 0 Å². The highest BCUT2D eigenvalue weighted by Gasteiger charge is 2.40. The van der Waals surface area contributed by atoms with E-state index in [0.29, 0.717) is 4.11 Å². The standard InChI is InChI=1S/C8H16INO2/c1-3-4-7(9)12-8-6(11-8)5-10-2/h6-8,10H,3-5H2,1-2H3/t6-,7?,8?/m1/s1. The molecule has 72 valence electrons. The summed E-state index contributed by atoms with van der Waals surface area (Å²) in [6.45, 7) is 3.05. The number of halogens is 1. The van der Waals surface area contributed by atoms with E-state index >= 15 is 0 Å². The number of alkyl halides is 1. The van der Waals surface area contributed by atoms with Crippen LogP contribution in [-0.2, 0) is 9.47 Å². The third-order valence-corrected chi connectivity index (χ3v) is 2.66. The number of ether oxygens (including phenoxy) is 2. The van der Waals surface area contributed by atoms with Crippen molar-refractivity contribution >= 4 is 22.6 Å². The minimum atomic E-state index is 0.0471. The molecular weight excluding hydrogens is 269 g/mol. The third-order valence-electron chi connectivity index (χ3n) is 1.74.